The normalized spacial score (nSPS) is 26.0. The Morgan fingerprint density at radius 1 is 1.25 bits per heavy atom. The predicted octanol–water partition coefficient (Wildman–Crippen LogP) is 0.148. The number of benzene rings is 1. The molecule has 0 aromatic heterocycles. The summed E-state index contributed by atoms with van der Waals surface area (Å²) < 4.78 is 5.26. The van der Waals surface area contributed by atoms with E-state index >= 15 is 0 Å². The van der Waals surface area contributed by atoms with E-state index in [0.29, 0.717) is 12.1 Å². The van der Waals surface area contributed by atoms with Crippen molar-refractivity contribution in [3.8, 4) is 0 Å². The summed E-state index contributed by atoms with van der Waals surface area (Å²) in [6.45, 7) is 0. The monoisotopic (exact) mass is 280 g/mol. The molecule has 1 aliphatic heterocycles. The smallest absolute Gasteiger partial charge is 0.335 e. The molecular formula is C13H16N2O5. The molecule has 20 heavy (non-hydrogen) atoms. The lowest BCUT2D eigenvalue weighted by atomic mass is 10.0. The molecule has 2 rings (SSSR count). The topological polar surface area (TPSA) is 122 Å². The van der Waals surface area contributed by atoms with E-state index in [1.807, 2.05) is 0 Å². The lowest BCUT2D eigenvalue weighted by molar-refractivity contribution is -0.143. The maximum absolute atomic E-state index is 12.0. The predicted molar refractivity (Wildman–Crippen MR) is 70.1 cm³/mol. The van der Waals surface area contributed by atoms with Crippen LogP contribution in [-0.2, 0) is 9.53 Å². The molecule has 1 saturated heterocycles. The van der Waals surface area contributed by atoms with Crippen LogP contribution in [0.3, 0.4) is 0 Å². The Hall–Kier alpha value is -1.96. The van der Waals surface area contributed by atoms with Crippen molar-refractivity contribution in [1.29, 1.82) is 0 Å². The lowest BCUT2D eigenvalue weighted by Crippen LogP contribution is -2.45. The molecule has 0 saturated carbocycles. The van der Waals surface area contributed by atoms with E-state index in [9.17, 15) is 14.7 Å². The third-order valence-corrected chi connectivity index (χ3v) is 3.02. The minimum atomic E-state index is -1.03. The van der Waals surface area contributed by atoms with Crippen molar-refractivity contribution < 1.29 is 24.5 Å². The number of aliphatic hydroxyl groups is 1. The second kappa shape index (κ2) is 6.00. The Morgan fingerprint density at radius 3 is 2.45 bits per heavy atom. The Labute approximate surface area is 115 Å². The number of hydrogen-bond donors (Lipinski definition) is 4. The summed E-state index contributed by atoms with van der Waals surface area (Å²) in [6.07, 6.45) is -1.65. The van der Waals surface area contributed by atoms with Crippen LogP contribution in [0.2, 0.25) is 0 Å². The number of aromatic carboxylic acids is 1. The number of nitrogens with two attached hydrogens (primary N) is 1. The average molecular weight is 280 g/mol. The summed E-state index contributed by atoms with van der Waals surface area (Å²) in [4.78, 5) is 22.7. The number of nitrogens with one attached hydrogen (secondary N) is 1. The number of carbonyl (C=O) groups is 2. The second-order valence-corrected chi connectivity index (χ2v) is 4.66. The first-order chi connectivity index (χ1) is 9.45. The van der Waals surface area contributed by atoms with Gasteiger partial charge in [-0.1, -0.05) is 0 Å². The lowest BCUT2D eigenvalue weighted by Gasteiger charge is -2.30. The zero-order valence-electron chi connectivity index (χ0n) is 10.7. The fourth-order valence-corrected chi connectivity index (χ4v) is 2.02. The molecule has 108 valence electrons. The van der Waals surface area contributed by atoms with Gasteiger partial charge in [0.2, 0.25) is 0 Å². The zero-order chi connectivity index (χ0) is 14.7. The third-order valence-electron chi connectivity index (χ3n) is 3.02. The van der Waals surface area contributed by atoms with Crippen molar-refractivity contribution in [2.24, 2.45) is 5.73 Å². The van der Waals surface area contributed by atoms with E-state index in [4.69, 9.17) is 15.6 Å². The highest BCUT2D eigenvalue weighted by molar-refractivity contribution is 5.95. The van der Waals surface area contributed by atoms with E-state index in [1.54, 1.807) is 0 Å². The van der Waals surface area contributed by atoms with Crippen molar-refractivity contribution in [2.75, 3.05) is 5.32 Å². The standard InChI is InChI=1S/C13H16N2O5/c14-11-6-9(16)5-10(20-11)12(17)15-8-3-1-7(2-4-8)13(18)19/h1-4,9-11,16H,5-6,14H2,(H,15,17)(H,18,19)/t9-,10-,11+/m0/s1. The average Bonchev–Trinajstić information content (AvgIpc) is 2.38. The number of amides is 1. The molecule has 3 atom stereocenters. The van der Waals surface area contributed by atoms with E-state index in [1.165, 1.54) is 24.3 Å². The SMILES string of the molecule is N[C@H]1C[C@@H](O)C[C@@H](C(=O)Nc2ccc(C(=O)O)cc2)O1. The Bertz CT molecular complexity index is 492. The molecule has 5 N–H and O–H groups in total. The molecule has 0 unspecified atom stereocenters. The van der Waals surface area contributed by atoms with Gasteiger partial charge in [-0.05, 0) is 24.3 Å². The highest BCUT2D eigenvalue weighted by atomic mass is 16.5. The minimum Gasteiger partial charge on any atom is -0.478 e. The van der Waals surface area contributed by atoms with Gasteiger partial charge in [0.15, 0.2) is 0 Å². The molecule has 0 bridgehead atoms. The molecule has 7 heteroatoms. The largest absolute Gasteiger partial charge is 0.478 e. The third kappa shape index (κ3) is 3.53. The van der Waals surface area contributed by atoms with Gasteiger partial charge in [-0.15, -0.1) is 0 Å². The van der Waals surface area contributed by atoms with Gasteiger partial charge >= 0.3 is 5.97 Å². The van der Waals surface area contributed by atoms with Crippen LogP contribution in [0.25, 0.3) is 0 Å². The molecule has 1 amide bonds. The van der Waals surface area contributed by atoms with Crippen molar-refractivity contribution in [3.05, 3.63) is 29.8 Å². The number of carbonyl (C=O) groups excluding carboxylic acids is 1. The van der Waals surface area contributed by atoms with Crippen molar-refractivity contribution in [2.45, 2.75) is 31.3 Å². The first kappa shape index (κ1) is 14.4. The highest BCUT2D eigenvalue weighted by Gasteiger charge is 2.31. The van der Waals surface area contributed by atoms with Crippen molar-refractivity contribution >= 4 is 17.6 Å². The number of rotatable bonds is 3. The van der Waals surface area contributed by atoms with Crippen LogP contribution < -0.4 is 11.1 Å². The fourth-order valence-electron chi connectivity index (χ4n) is 2.02. The van der Waals surface area contributed by atoms with Gasteiger partial charge in [0.25, 0.3) is 5.91 Å². The second-order valence-electron chi connectivity index (χ2n) is 4.66. The van der Waals surface area contributed by atoms with Gasteiger partial charge in [-0.2, -0.15) is 0 Å². The Balaban J connectivity index is 1.98. The van der Waals surface area contributed by atoms with Gasteiger partial charge < -0.3 is 26.0 Å². The summed E-state index contributed by atoms with van der Waals surface area (Å²) >= 11 is 0. The van der Waals surface area contributed by atoms with Gasteiger partial charge in [0.1, 0.15) is 12.3 Å². The number of hydrogen-bond acceptors (Lipinski definition) is 5. The van der Waals surface area contributed by atoms with Gasteiger partial charge in [0.05, 0.1) is 11.7 Å². The van der Waals surface area contributed by atoms with Gasteiger partial charge in [0, 0.05) is 18.5 Å². The maximum Gasteiger partial charge on any atom is 0.335 e. The summed E-state index contributed by atoms with van der Waals surface area (Å²) in [6, 6.07) is 5.75. The molecular weight excluding hydrogens is 264 g/mol. The van der Waals surface area contributed by atoms with E-state index < -0.39 is 30.3 Å². The summed E-state index contributed by atoms with van der Waals surface area (Å²) in [7, 11) is 0. The van der Waals surface area contributed by atoms with E-state index in [0.717, 1.165) is 0 Å². The Morgan fingerprint density at radius 2 is 1.90 bits per heavy atom. The molecule has 1 aliphatic rings. The summed E-state index contributed by atoms with van der Waals surface area (Å²) in [5.41, 5.74) is 6.16. The van der Waals surface area contributed by atoms with Crippen LogP contribution in [0.1, 0.15) is 23.2 Å². The van der Waals surface area contributed by atoms with Crippen LogP contribution in [0, 0.1) is 0 Å². The first-order valence-electron chi connectivity index (χ1n) is 6.19. The quantitative estimate of drug-likeness (QED) is 0.625. The number of ether oxygens (including phenoxy) is 1. The van der Waals surface area contributed by atoms with Crippen LogP contribution in [0.4, 0.5) is 5.69 Å². The fraction of sp³-hybridized carbons (Fsp3) is 0.385. The van der Waals surface area contributed by atoms with Crippen LogP contribution in [0.5, 0.6) is 0 Å². The minimum absolute atomic E-state index is 0.134. The van der Waals surface area contributed by atoms with Gasteiger partial charge in [-0.3, -0.25) is 4.79 Å². The number of carboxylic acids is 1. The number of aliphatic hydroxyl groups excluding tert-OH is 1. The molecule has 7 nitrogen and oxygen atoms in total. The molecule has 1 aromatic carbocycles. The Kier molecular flexibility index (Phi) is 4.33. The molecule has 0 spiro atoms. The van der Waals surface area contributed by atoms with Crippen molar-refractivity contribution in [3.63, 3.8) is 0 Å². The molecule has 0 radical (unpaired) electrons. The summed E-state index contributed by atoms with van der Waals surface area (Å²) in [5.74, 6) is -1.45. The molecule has 1 heterocycles. The van der Waals surface area contributed by atoms with Gasteiger partial charge in [-0.25, -0.2) is 4.79 Å². The first-order valence-corrected chi connectivity index (χ1v) is 6.19. The molecule has 0 aliphatic carbocycles. The zero-order valence-corrected chi connectivity index (χ0v) is 10.7. The number of carboxylic acid groups (broad SMARTS) is 1. The summed E-state index contributed by atoms with van der Waals surface area (Å²) in [5, 5.41) is 20.9. The van der Waals surface area contributed by atoms with Crippen LogP contribution in [0.15, 0.2) is 24.3 Å². The molecule has 1 aromatic rings. The maximum atomic E-state index is 12.0. The van der Waals surface area contributed by atoms with Crippen LogP contribution >= 0.6 is 0 Å². The highest BCUT2D eigenvalue weighted by Crippen LogP contribution is 2.19. The van der Waals surface area contributed by atoms with E-state index in [2.05, 4.69) is 5.32 Å². The van der Waals surface area contributed by atoms with Crippen molar-refractivity contribution in [1.82, 2.24) is 0 Å². The number of anilines is 1. The van der Waals surface area contributed by atoms with E-state index in [-0.39, 0.29) is 12.0 Å². The molecule has 1 fully saturated rings. The van der Waals surface area contributed by atoms with Crippen LogP contribution in [-0.4, -0.2) is 40.5 Å².